The van der Waals surface area contributed by atoms with E-state index in [0.717, 1.165) is 11.1 Å². The highest BCUT2D eigenvalue weighted by Crippen LogP contribution is 2.31. The van der Waals surface area contributed by atoms with E-state index in [1.165, 1.54) is 0 Å². The maximum Gasteiger partial charge on any atom is 0.326 e. The number of unbranched alkanes of at least 4 members (excludes halogenated alkanes) is 1. The van der Waals surface area contributed by atoms with E-state index in [1.807, 2.05) is 77.1 Å². The van der Waals surface area contributed by atoms with Crippen LogP contribution in [0, 0.1) is 24.7 Å². The molecule has 3 atom stereocenters. The molecule has 52 heavy (non-hydrogen) atoms. The van der Waals surface area contributed by atoms with Crippen molar-refractivity contribution >= 4 is 40.3 Å². The van der Waals surface area contributed by atoms with Crippen LogP contribution in [0.3, 0.4) is 0 Å². The van der Waals surface area contributed by atoms with Crippen molar-refractivity contribution in [3.8, 4) is 0 Å². The molecule has 0 radical (unpaired) electrons. The number of hydrogen-bond donors (Lipinski definition) is 1. The van der Waals surface area contributed by atoms with Crippen LogP contribution in [0.2, 0.25) is 5.02 Å². The van der Waals surface area contributed by atoms with Gasteiger partial charge in [-0.25, -0.2) is 4.98 Å². The summed E-state index contributed by atoms with van der Waals surface area (Å²) < 4.78 is 12.7. The van der Waals surface area contributed by atoms with Crippen molar-refractivity contribution in [1.82, 2.24) is 14.5 Å². The second-order valence-electron chi connectivity index (χ2n) is 14.3. The number of nitrogens with two attached hydrogens (primary N) is 1. The lowest BCUT2D eigenvalue weighted by Crippen LogP contribution is -2.42. The predicted molar refractivity (Wildman–Crippen MR) is 204 cm³/mol. The van der Waals surface area contributed by atoms with E-state index in [4.69, 9.17) is 31.8 Å². The molecule has 2 N–H and O–H groups in total. The van der Waals surface area contributed by atoms with Crippen LogP contribution in [0.25, 0.3) is 10.9 Å². The number of fused-ring (bicyclic) bond motifs is 1. The summed E-state index contributed by atoms with van der Waals surface area (Å²) in [6.45, 7) is 13.7. The van der Waals surface area contributed by atoms with Crippen molar-refractivity contribution in [2.24, 2.45) is 23.5 Å². The zero-order chi connectivity index (χ0) is 38.1. The Morgan fingerprint density at radius 3 is 2.15 bits per heavy atom. The van der Waals surface area contributed by atoms with Gasteiger partial charge >= 0.3 is 11.9 Å². The quantitative estimate of drug-likeness (QED) is 0.0713. The fourth-order valence-electron chi connectivity index (χ4n) is 5.88. The molecule has 1 amide bonds. The van der Waals surface area contributed by atoms with Crippen molar-refractivity contribution in [2.45, 2.75) is 92.6 Å². The van der Waals surface area contributed by atoms with Gasteiger partial charge in [-0.05, 0) is 67.5 Å². The monoisotopic (exact) mass is 730 g/mol. The Morgan fingerprint density at radius 1 is 0.865 bits per heavy atom. The molecule has 1 unspecified atom stereocenters. The first kappa shape index (κ1) is 40.2. The van der Waals surface area contributed by atoms with Gasteiger partial charge in [-0.2, -0.15) is 0 Å². The average molecular weight is 731 g/mol. The Bertz CT molecular complexity index is 1890. The lowest BCUT2D eigenvalue weighted by atomic mass is 9.98. The van der Waals surface area contributed by atoms with Crippen molar-refractivity contribution in [2.75, 3.05) is 6.54 Å². The first-order chi connectivity index (χ1) is 24.7. The van der Waals surface area contributed by atoms with Gasteiger partial charge in [0.25, 0.3) is 11.5 Å². The summed E-state index contributed by atoms with van der Waals surface area (Å²) in [6.07, 6.45) is -0.184. The Balaban J connectivity index is 1.66. The fourth-order valence-corrected chi connectivity index (χ4v) is 6.05. The van der Waals surface area contributed by atoms with Crippen molar-refractivity contribution in [1.29, 1.82) is 0 Å². The van der Waals surface area contributed by atoms with E-state index in [0.29, 0.717) is 40.2 Å². The van der Waals surface area contributed by atoms with Gasteiger partial charge in [0, 0.05) is 29.5 Å². The van der Waals surface area contributed by atoms with Crippen LogP contribution in [0.15, 0.2) is 77.6 Å². The van der Waals surface area contributed by atoms with Crippen molar-refractivity contribution in [3.05, 3.63) is 111 Å². The Morgan fingerprint density at radius 2 is 1.54 bits per heavy atom. The maximum atomic E-state index is 14.4. The molecule has 278 valence electrons. The summed E-state index contributed by atoms with van der Waals surface area (Å²) >= 11 is 6.37. The molecule has 0 saturated heterocycles. The minimum absolute atomic E-state index is 0.0430. The zero-order valence-corrected chi connectivity index (χ0v) is 31.9. The van der Waals surface area contributed by atoms with Crippen LogP contribution in [0.5, 0.6) is 0 Å². The van der Waals surface area contributed by atoms with Crippen molar-refractivity contribution in [3.63, 3.8) is 0 Å². The Hall–Kier alpha value is -4.54. The Kier molecular flexibility index (Phi) is 14.1. The van der Waals surface area contributed by atoms with E-state index in [1.54, 1.807) is 53.6 Å². The van der Waals surface area contributed by atoms with E-state index in [9.17, 15) is 19.2 Å². The second kappa shape index (κ2) is 18.3. The topological polar surface area (TPSA) is 134 Å². The third-order valence-corrected chi connectivity index (χ3v) is 9.20. The molecular formula is C41H51ClN4O6. The second-order valence-corrected chi connectivity index (χ2v) is 14.8. The summed E-state index contributed by atoms with van der Waals surface area (Å²) in [5.41, 5.74) is 8.58. The standard InChI is InChI=1S/C41H51ClN4O6/c1-25(2)35(43)40(50)52-41(27(5)6)51-34(47)15-11-12-22-45(38(48)30-18-16-28(7)17-19-30)36(26(3)4)37-44-33-23-31(42)20-21-32(33)39(49)46(37)24-29-13-9-8-10-14-29/h8-10,13-14,16-21,23,25-27,35-36,41H,11-12,15,22,24,43H2,1-7H3/t35-,36+,41?/m0/s1. The highest BCUT2D eigenvalue weighted by atomic mass is 35.5. The zero-order valence-electron chi connectivity index (χ0n) is 31.2. The number of nitrogens with zero attached hydrogens (tertiary/aromatic N) is 3. The number of hydrogen-bond acceptors (Lipinski definition) is 8. The molecule has 11 heteroatoms. The number of ether oxygens (including phenoxy) is 2. The molecule has 1 heterocycles. The Labute approximate surface area is 311 Å². The largest absolute Gasteiger partial charge is 0.425 e. The number of benzene rings is 3. The molecule has 0 aliphatic rings. The molecular weight excluding hydrogens is 680 g/mol. The molecule has 0 saturated carbocycles. The number of esters is 2. The van der Waals surface area contributed by atoms with Gasteiger partial charge in [0.2, 0.25) is 6.29 Å². The van der Waals surface area contributed by atoms with Gasteiger partial charge in [-0.3, -0.25) is 23.7 Å². The van der Waals surface area contributed by atoms with Crippen LogP contribution >= 0.6 is 11.6 Å². The van der Waals surface area contributed by atoms with Crippen LogP contribution in [0.1, 0.15) is 94.2 Å². The predicted octanol–water partition coefficient (Wildman–Crippen LogP) is 7.47. The van der Waals surface area contributed by atoms with E-state index < -0.39 is 30.3 Å². The molecule has 4 rings (SSSR count). The number of amides is 1. The molecule has 3 aromatic carbocycles. The van der Waals surface area contributed by atoms with Gasteiger partial charge in [0.15, 0.2) is 0 Å². The maximum absolute atomic E-state index is 14.4. The van der Waals surface area contributed by atoms with Gasteiger partial charge in [-0.1, -0.05) is 101 Å². The molecule has 10 nitrogen and oxygen atoms in total. The van der Waals surface area contributed by atoms with Crippen molar-refractivity contribution < 1.29 is 23.9 Å². The van der Waals surface area contributed by atoms with E-state index >= 15 is 0 Å². The molecule has 0 spiro atoms. The van der Waals surface area contributed by atoms with Gasteiger partial charge < -0.3 is 20.1 Å². The summed E-state index contributed by atoms with van der Waals surface area (Å²) in [5, 5.41) is 0.877. The molecule has 4 aromatic rings. The number of halogens is 1. The average Bonchev–Trinajstić information content (AvgIpc) is 3.10. The fraction of sp³-hybridized carbons (Fsp3) is 0.439. The minimum Gasteiger partial charge on any atom is -0.425 e. The SMILES string of the molecule is Cc1ccc(C(=O)N(CCCCC(=O)OC(OC(=O)[C@@H](N)C(C)C)C(C)C)[C@@H](c2nc3cc(Cl)ccc3c(=O)n2Cc2ccccc2)C(C)C)cc1. The number of rotatable bonds is 16. The first-order valence-electron chi connectivity index (χ1n) is 17.9. The molecule has 0 fully saturated rings. The summed E-state index contributed by atoms with van der Waals surface area (Å²) in [7, 11) is 0. The summed E-state index contributed by atoms with van der Waals surface area (Å²) in [6, 6.07) is 20.6. The lowest BCUT2D eigenvalue weighted by Gasteiger charge is -2.35. The highest BCUT2D eigenvalue weighted by Gasteiger charge is 2.33. The van der Waals surface area contributed by atoms with Crippen LogP contribution in [0.4, 0.5) is 0 Å². The number of aryl methyl sites for hydroxylation is 1. The summed E-state index contributed by atoms with van der Waals surface area (Å²) in [4.78, 5) is 60.9. The molecule has 0 aliphatic heterocycles. The third kappa shape index (κ3) is 10.3. The molecule has 0 aliphatic carbocycles. The van der Waals surface area contributed by atoms with E-state index in [-0.39, 0.29) is 48.7 Å². The summed E-state index contributed by atoms with van der Waals surface area (Å²) in [5.74, 6) is -1.50. The molecule has 0 bridgehead atoms. The van der Waals surface area contributed by atoms with Crippen LogP contribution < -0.4 is 11.3 Å². The molecule has 1 aromatic heterocycles. The van der Waals surface area contributed by atoms with E-state index in [2.05, 4.69) is 0 Å². The third-order valence-electron chi connectivity index (χ3n) is 8.97. The number of carbonyl (C=O) groups excluding carboxylic acids is 3. The lowest BCUT2D eigenvalue weighted by molar-refractivity contribution is -0.197. The highest BCUT2D eigenvalue weighted by molar-refractivity contribution is 6.31. The smallest absolute Gasteiger partial charge is 0.326 e. The van der Waals surface area contributed by atoms with Gasteiger partial charge in [0.05, 0.1) is 23.5 Å². The number of aromatic nitrogens is 2. The first-order valence-corrected chi connectivity index (χ1v) is 18.3. The normalized spacial score (nSPS) is 13.3. The van der Waals surface area contributed by atoms with Gasteiger partial charge in [-0.15, -0.1) is 0 Å². The van der Waals surface area contributed by atoms with Crippen LogP contribution in [-0.4, -0.2) is 51.2 Å². The number of carbonyl (C=O) groups is 3. The minimum atomic E-state index is -1.07. The van der Waals surface area contributed by atoms with Crippen LogP contribution in [-0.2, 0) is 25.6 Å². The van der Waals surface area contributed by atoms with Gasteiger partial charge in [0.1, 0.15) is 11.9 Å².